The van der Waals surface area contributed by atoms with E-state index in [1.54, 1.807) is 25.3 Å². The molecule has 1 heterocycles. The molecule has 0 radical (unpaired) electrons. The smallest absolute Gasteiger partial charge is 0.363 e. The van der Waals surface area contributed by atoms with Gasteiger partial charge in [-0.25, -0.2) is 14.2 Å². The maximum absolute atomic E-state index is 13.9. The number of halogens is 1. The Morgan fingerprint density at radius 2 is 1.81 bits per heavy atom. The largest absolute Gasteiger partial charge is 0.496 e. The van der Waals surface area contributed by atoms with Crippen molar-refractivity contribution in [2.75, 3.05) is 7.11 Å². The van der Waals surface area contributed by atoms with Gasteiger partial charge >= 0.3 is 5.97 Å². The third kappa shape index (κ3) is 2.73. The second-order valence-corrected chi connectivity index (χ2v) is 5.72. The van der Waals surface area contributed by atoms with E-state index >= 15 is 0 Å². The van der Waals surface area contributed by atoms with Gasteiger partial charge in [0.2, 0.25) is 5.90 Å². The van der Waals surface area contributed by atoms with Crippen LogP contribution in [0.4, 0.5) is 4.39 Å². The first kappa shape index (κ1) is 16.0. The van der Waals surface area contributed by atoms with Gasteiger partial charge in [0.05, 0.1) is 12.7 Å². The van der Waals surface area contributed by atoms with Crippen molar-refractivity contribution in [2.24, 2.45) is 4.99 Å². The summed E-state index contributed by atoms with van der Waals surface area (Å²) in [5.41, 5.74) is 0.961. The second kappa shape index (κ2) is 6.44. The molecule has 4 rings (SSSR count). The summed E-state index contributed by atoms with van der Waals surface area (Å²) in [5, 5.41) is 1.92. The van der Waals surface area contributed by atoms with Crippen molar-refractivity contribution in [1.29, 1.82) is 0 Å². The van der Waals surface area contributed by atoms with Crippen LogP contribution in [0.15, 0.2) is 71.4 Å². The number of cyclic esters (lactones) is 1. The zero-order chi connectivity index (χ0) is 18.1. The molecule has 5 heteroatoms. The van der Waals surface area contributed by atoms with E-state index in [1.807, 2.05) is 36.4 Å². The lowest BCUT2D eigenvalue weighted by molar-refractivity contribution is -0.129. The molecule has 0 saturated carbocycles. The van der Waals surface area contributed by atoms with Crippen LogP contribution in [0.2, 0.25) is 0 Å². The Bertz CT molecular complexity index is 1090. The fourth-order valence-corrected chi connectivity index (χ4v) is 2.90. The average molecular weight is 347 g/mol. The molecule has 4 nitrogen and oxygen atoms in total. The van der Waals surface area contributed by atoms with Gasteiger partial charge in [0.15, 0.2) is 5.70 Å². The summed E-state index contributed by atoms with van der Waals surface area (Å²) in [6, 6.07) is 17.6. The van der Waals surface area contributed by atoms with Gasteiger partial charge in [-0.2, -0.15) is 0 Å². The van der Waals surface area contributed by atoms with Gasteiger partial charge < -0.3 is 9.47 Å². The lowest BCUT2D eigenvalue weighted by Gasteiger charge is -2.08. The Morgan fingerprint density at radius 1 is 1.04 bits per heavy atom. The third-order valence-electron chi connectivity index (χ3n) is 4.16. The molecular weight excluding hydrogens is 333 g/mol. The van der Waals surface area contributed by atoms with Crippen LogP contribution in [0, 0.1) is 5.82 Å². The van der Waals surface area contributed by atoms with Gasteiger partial charge in [-0.3, -0.25) is 0 Å². The highest BCUT2D eigenvalue weighted by Crippen LogP contribution is 2.31. The molecule has 0 unspecified atom stereocenters. The van der Waals surface area contributed by atoms with Gasteiger partial charge in [0.1, 0.15) is 11.6 Å². The van der Waals surface area contributed by atoms with Crippen LogP contribution in [0.1, 0.15) is 11.1 Å². The Kier molecular flexibility index (Phi) is 3.97. The molecule has 0 aromatic heterocycles. The number of benzene rings is 3. The predicted molar refractivity (Wildman–Crippen MR) is 97.5 cm³/mol. The number of rotatable bonds is 3. The highest BCUT2D eigenvalue weighted by molar-refractivity contribution is 6.13. The fraction of sp³-hybridized carbons (Fsp3) is 0.0476. The van der Waals surface area contributed by atoms with E-state index in [1.165, 1.54) is 12.1 Å². The zero-order valence-corrected chi connectivity index (χ0v) is 13.9. The summed E-state index contributed by atoms with van der Waals surface area (Å²) in [7, 11) is 1.56. The van der Waals surface area contributed by atoms with Gasteiger partial charge in [-0.05, 0) is 35.0 Å². The van der Waals surface area contributed by atoms with E-state index in [0.29, 0.717) is 5.75 Å². The highest BCUT2D eigenvalue weighted by atomic mass is 19.1. The lowest BCUT2D eigenvalue weighted by Crippen LogP contribution is -2.07. The number of fused-ring (bicyclic) bond motifs is 1. The minimum atomic E-state index is -0.627. The summed E-state index contributed by atoms with van der Waals surface area (Å²) < 4.78 is 24.5. The number of ether oxygens (including phenoxy) is 2. The van der Waals surface area contributed by atoms with Gasteiger partial charge in [0.25, 0.3) is 0 Å². The molecule has 0 spiro atoms. The van der Waals surface area contributed by atoms with Crippen LogP contribution in [-0.4, -0.2) is 19.0 Å². The molecule has 0 aliphatic carbocycles. The number of esters is 1. The van der Waals surface area contributed by atoms with Crippen molar-refractivity contribution in [2.45, 2.75) is 0 Å². The number of carbonyl (C=O) groups is 1. The highest BCUT2D eigenvalue weighted by Gasteiger charge is 2.26. The predicted octanol–water partition coefficient (Wildman–Crippen LogP) is 4.33. The first-order valence-corrected chi connectivity index (χ1v) is 8.00. The van der Waals surface area contributed by atoms with Crippen LogP contribution < -0.4 is 4.74 Å². The Hall–Kier alpha value is -3.47. The van der Waals surface area contributed by atoms with Crippen LogP contribution >= 0.6 is 0 Å². The van der Waals surface area contributed by atoms with Gasteiger partial charge in [-0.1, -0.05) is 42.5 Å². The van der Waals surface area contributed by atoms with E-state index in [0.717, 1.165) is 16.3 Å². The molecule has 0 bridgehead atoms. The van der Waals surface area contributed by atoms with E-state index in [4.69, 9.17) is 9.47 Å². The second-order valence-electron chi connectivity index (χ2n) is 5.72. The van der Waals surface area contributed by atoms with Crippen LogP contribution in [0.5, 0.6) is 5.75 Å². The van der Waals surface area contributed by atoms with Crippen molar-refractivity contribution in [3.8, 4) is 5.75 Å². The molecule has 1 aliphatic heterocycles. The summed E-state index contributed by atoms with van der Waals surface area (Å²) in [6.07, 6.45) is 1.61. The maximum Gasteiger partial charge on any atom is 0.363 e. The molecule has 128 valence electrons. The first-order chi connectivity index (χ1) is 12.7. The fourth-order valence-electron chi connectivity index (χ4n) is 2.90. The van der Waals surface area contributed by atoms with E-state index in [9.17, 15) is 9.18 Å². The van der Waals surface area contributed by atoms with Crippen molar-refractivity contribution < 1.29 is 18.7 Å². The number of hydrogen-bond acceptors (Lipinski definition) is 4. The number of hydrogen-bond donors (Lipinski definition) is 0. The number of nitrogens with zero attached hydrogens (tertiary/aromatic N) is 1. The Labute approximate surface area is 149 Å². The molecule has 0 amide bonds. The first-order valence-electron chi connectivity index (χ1n) is 8.00. The quantitative estimate of drug-likeness (QED) is 0.523. The van der Waals surface area contributed by atoms with Crippen LogP contribution in [0.3, 0.4) is 0 Å². The minimum absolute atomic E-state index is 0.0430. The molecule has 0 fully saturated rings. The van der Waals surface area contributed by atoms with E-state index < -0.39 is 11.8 Å². The number of methoxy groups -OCH3 is 1. The van der Waals surface area contributed by atoms with Crippen LogP contribution in [-0.2, 0) is 9.53 Å². The van der Waals surface area contributed by atoms with E-state index in [2.05, 4.69) is 4.99 Å². The van der Waals surface area contributed by atoms with E-state index in [-0.39, 0.29) is 17.2 Å². The average Bonchev–Trinajstić information content (AvgIpc) is 3.02. The molecular formula is C21H14FNO3. The monoisotopic (exact) mass is 347 g/mol. The molecule has 1 aliphatic rings. The SMILES string of the molecule is COc1ccc2ccccc2c1C=C1N=C(c2ccccc2F)OC1=O. The Morgan fingerprint density at radius 3 is 2.62 bits per heavy atom. The lowest BCUT2D eigenvalue weighted by atomic mass is 10.0. The Balaban J connectivity index is 1.85. The molecule has 3 aromatic rings. The normalized spacial score (nSPS) is 15.2. The molecule has 0 N–H and O–H groups in total. The van der Waals surface area contributed by atoms with Crippen LogP contribution in [0.25, 0.3) is 16.8 Å². The topological polar surface area (TPSA) is 47.9 Å². The summed E-state index contributed by atoms with van der Waals surface area (Å²) in [5.74, 6) is -0.557. The maximum atomic E-state index is 13.9. The zero-order valence-electron chi connectivity index (χ0n) is 13.9. The summed E-state index contributed by atoms with van der Waals surface area (Å²) in [4.78, 5) is 16.4. The molecule has 26 heavy (non-hydrogen) atoms. The van der Waals surface area contributed by atoms with Gasteiger partial charge in [0, 0.05) is 5.56 Å². The summed E-state index contributed by atoms with van der Waals surface area (Å²) >= 11 is 0. The minimum Gasteiger partial charge on any atom is -0.496 e. The van der Waals surface area contributed by atoms with Crippen molar-refractivity contribution in [3.05, 3.63) is 83.3 Å². The van der Waals surface area contributed by atoms with Gasteiger partial charge in [-0.15, -0.1) is 0 Å². The number of carbonyl (C=O) groups excluding carboxylic acids is 1. The molecule has 0 atom stereocenters. The molecule has 0 saturated heterocycles. The van der Waals surface area contributed by atoms with Crippen molar-refractivity contribution >= 4 is 28.7 Å². The standard InChI is InChI=1S/C21H14FNO3/c1-25-19-11-10-13-6-2-3-7-14(13)16(19)12-18-21(24)26-20(23-18)15-8-4-5-9-17(15)22/h2-12H,1H3. The third-order valence-corrected chi connectivity index (χ3v) is 4.16. The number of aliphatic imine (C=N–C) groups is 1. The van der Waals surface area contributed by atoms with Crippen molar-refractivity contribution in [3.63, 3.8) is 0 Å². The summed E-state index contributed by atoms with van der Waals surface area (Å²) in [6.45, 7) is 0. The van der Waals surface area contributed by atoms with Crippen molar-refractivity contribution in [1.82, 2.24) is 0 Å². The molecule has 3 aromatic carbocycles.